The van der Waals surface area contributed by atoms with Gasteiger partial charge in [-0.05, 0) is 23.6 Å². The second kappa shape index (κ2) is 7.20. The Morgan fingerprint density at radius 1 is 1.05 bits per heavy atom. The molecule has 3 nitrogen and oxygen atoms in total. The van der Waals surface area contributed by atoms with Crippen molar-refractivity contribution in [3.63, 3.8) is 0 Å². The van der Waals surface area contributed by atoms with Gasteiger partial charge in [-0.2, -0.15) is 0 Å². The molecule has 0 aromatic heterocycles. The Kier molecular flexibility index (Phi) is 5.56. The maximum atomic E-state index is 12.2. The number of rotatable bonds is 6. The largest absolute Gasteiger partial charge is 0.240 e. The van der Waals surface area contributed by atoms with Gasteiger partial charge in [0.15, 0.2) is 0 Å². The van der Waals surface area contributed by atoms with Crippen molar-refractivity contribution < 1.29 is 8.42 Å². The van der Waals surface area contributed by atoms with E-state index in [4.69, 9.17) is 0 Å². The molecule has 1 N–H and O–H groups in total. The molecule has 0 amide bonds. The van der Waals surface area contributed by atoms with Crippen molar-refractivity contribution in [1.29, 1.82) is 0 Å². The molecule has 0 aliphatic carbocycles. The second-order valence-electron chi connectivity index (χ2n) is 4.69. The summed E-state index contributed by atoms with van der Waals surface area (Å²) in [7, 11) is -3.44. The SMILES string of the molecule is CCNS(=O)(=O)c1ccccc1CC(Br)c1ccccc1. The highest BCUT2D eigenvalue weighted by molar-refractivity contribution is 9.09. The van der Waals surface area contributed by atoms with Gasteiger partial charge in [0.2, 0.25) is 10.0 Å². The molecule has 0 saturated carbocycles. The average molecular weight is 368 g/mol. The normalized spacial score (nSPS) is 13.0. The zero-order valence-electron chi connectivity index (χ0n) is 11.8. The first-order valence-corrected chi connectivity index (χ1v) is 9.21. The molecule has 0 bridgehead atoms. The third-order valence-corrected chi connectivity index (χ3v) is 5.66. The van der Waals surface area contributed by atoms with Crippen molar-refractivity contribution in [3.05, 3.63) is 65.7 Å². The van der Waals surface area contributed by atoms with Crippen LogP contribution in [0.25, 0.3) is 0 Å². The van der Waals surface area contributed by atoms with Crippen LogP contribution in [0.4, 0.5) is 0 Å². The summed E-state index contributed by atoms with van der Waals surface area (Å²) in [6.07, 6.45) is 0.616. The minimum atomic E-state index is -3.44. The van der Waals surface area contributed by atoms with Gasteiger partial charge in [-0.25, -0.2) is 13.1 Å². The summed E-state index contributed by atoms with van der Waals surface area (Å²) < 4.78 is 27.0. The van der Waals surface area contributed by atoms with E-state index in [1.165, 1.54) is 0 Å². The fraction of sp³-hybridized carbons (Fsp3) is 0.250. The molecule has 0 heterocycles. The monoisotopic (exact) mass is 367 g/mol. The molecular weight excluding hydrogens is 350 g/mol. The third-order valence-electron chi connectivity index (χ3n) is 3.16. The van der Waals surface area contributed by atoms with Gasteiger partial charge in [-0.1, -0.05) is 71.4 Å². The van der Waals surface area contributed by atoms with Crippen molar-refractivity contribution in [3.8, 4) is 0 Å². The highest BCUT2D eigenvalue weighted by Crippen LogP contribution is 2.29. The third kappa shape index (κ3) is 4.15. The van der Waals surface area contributed by atoms with E-state index < -0.39 is 10.0 Å². The molecule has 0 aliphatic rings. The van der Waals surface area contributed by atoms with Gasteiger partial charge in [0.25, 0.3) is 0 Å². The Morgan fingerprint density at radius 3 is 2.33 bits per heavy atom. The second-order valence-corrected chi connectivity index (χ2v) is 7.53. The van der Waals surface area contributed by atoms with Crippen LogP contribution in [0, 0.1) is 0 Å². The summed E-state index contributed by atoms with van der Waals surface area (Å²) in [6, 6.07) is 17.1. The van der Waals surface area contributed by atoms with E-state index >= 15 is 0 Å². The summed E-state index contributed by atoms with van der Waals surface area (Å²) in [5.41, 5.74) is 1.94. The van der Waals surface area contributed by atoms with Crippen LogP contribution in [0.1, 0.15) is 22.9 Å². The van der Waals surface area contributed by atoms with Crippen molar-refractivity contribution in [1.82, 2.24) is 4.72 Å². The average Bonchev–Trinajstić information content (AvgIpc) is 2.48. The molecule has 0 radical (unpaired) electrons. The van der Waals surface area contributed by atoms with Crippen LogP contribution in [0.3, 0.4) is 0 Å². The van der Waals surface area contributed by atoms with E-state index in [-0.39, 0.29) is 4.83 Å². The number of alkyl halides is 1. The number of halogens is 1. The maximum Gasteiger partial charge on any atom is 0.240 e. The molecule has 1 atom stereocenters. The molecule has 0 aliphatic heterocycles. The lowest BCUT2D eigenvalue weighted by molar-refractivity contribution is 0.582. The van der Waals surface area contributed by atoms with Gasteiger partial charge in [-0.3, -0.25) is 0 Å². The topological polar surface area (TPSA) is 46.2 Å². The summed E-state index contributed by atoms with van der Waals surface area (Å²) in [6.45, 7) is 2.16. The molecule has 5 heteroatoms. The molecule has 21 heavy (non-hydrogen) atoms. The van der Waals surface area contributed by atoms with E-state index in [1.807, 2.05) is 42.5 Å². The maximum absolute atomic E-state index is 12.2. The molecule has 0 spiro atoms. The first-order chi connectivity index (χ1) is 10.0. The Hall–Kier alpha value is -1.17. The minimum Gasteiger partial charge on any atom is -0.211 e. The number of benzene rings is 2. The molecular formula is C16H18BrNO2S. The molecule has 2 rings (SSSR count). The fourth-order valence-corrected chi connectivity index (χ4v) is 4.12. The Balaban J connectivity index is 2.29. The highest BCUT2D eigenvalue weighted by Gasteiger charge is 2.19. The number of nitrogens with one attached hydrogen (secondary N) is 1. The molecule has 1 unspecified atom stereocenters. The molecule has 0 saturated heterocycles. The lowest BCUT2D eigenvalue weighted by atomic mass is 10.0. The first-order valence-electron chi connectivity index (χ1n) is 6.81. The van der Waals surface area contributed by atoms with Crippen LogP contribution in [0.5, 0.6) is 0 Å². The van der Waals surface area contributed by atoms with Crippen LogP contribution >= 0.6 is 15.9 Å². The fourth-order valence-electron chi connectivity index (χ4n) is 2.18. The number of sulfonamides is 1. The van der Waals surface area contributed by atoms with E-state index in [0.717, 1.165) is 11.1 Å². The zero-order valence-corrected chi connectivity index (χ0v) is 14.2. The molecule has 112 valence electrons. The molecule has 2 aromatic rings. The Morgan fingerprint density at radius 2 is 1.67 bits per heavy atom. The van der Waals surface area contributed by atoms with E-state index in [1.54, 1.807) is 19.1 Å². The zero-order chi connectivity index (χ0) is 15.3. The first kappa shape index (κ1) is 16.2. The van der Waals surface area contributed by atoms with Gasteiger partial charge < -0.3 is 0 Å². The quantitative estimate of drug-likeness (QED) is 0.791. The predicted octanol–water partition coefficient (Wildman–Crippen LogP) is 3.66. The van der Waals surface area contributed by atoms with Crippen LogP contribution in [0.2, 0.25) is 0 Å². The van der Waals surface area contributed by atoms with Crippen molar-refractivity contribution >= 4 is 26.0 Å². The minimum absolute atomic E-state index is 0.0803. The standard InChI is InChI=1S/C16H18BrNO2S/c1-2-18-21(19,20)16-11-7-6-10-14(16)12-15(17)13-8-4-3-5-9-13/h3-11,15,18H,2,12H2,1H3. The Labute approximate surface area is 134 Å². The van der Waals surface area contributed by atoms with Crippen LogP contribution < -0.4 is 4.72 Å². The van der Waals surface area contributed by atoms with Crippen LogP contribution in [-0.2, 0) is 16.4 Å². The number of hydrogen-bond acceptors (Lipinski definition) is 2. The van der Waals surface area contributed by atoms with Gasteiger partial charge in [0, 0.05) is 11.4 Å². The summed E-state index contributed by atoms with van der Waals surface area (Å²) >= 11 is 3.65. The van der Waals surface area contributed by atoms with Gasteiger partial charge in [-0.15, -0.1) is 0 Å². The van der Waals surface area contributed by atoms with Gasteiger partial charge in [0.1, 0.15) is 0 Å². The number of hydrogen-bond donors (Lipinski definition) is 1. The Bertz CT molecular complexity index is 686. The van der Waals surface area contributed by atoms with E-state index in [0.29, 0.717) is 17.9 Å². The molecule has 2 aromatic carbocycles. The summed E-state index contributed by atoms with van der Waals surface area (Å²) in [4.78, 5) is 0.434. The van der Waals surface area contributed by atoms with Gasteiger partial charge in [0.05, 0.1) is 4.90 Å². The van der Waals surface area contributed by atoms with Crippen molar-refractivity contribution in [2.75, 3.05) is 6.54 Å². The summed E-state index contributed by atoms with van der Waals surface area (Å²) in [5, 5.41) is 0. The van der Waals surface area contributed by atoms with E-state index in [2.05, 4.69) is 20.7 Å². The van der Waals surface area contributed by atoms with Crippen molar-refractivity contribution in [2.45, 2.75) is 23.1 Å². The lowest BCUT2D eigenvalue weighted by Gasteiger charge is -2.14. The van der Waals surface area contributed by atoms with Crippen LogP contribution in [-0.4, -0.2) is 15.0 Å². The lowest BCUT2D eigenvalue weighted by Crippen LogP contribution is -2.24. The van der Waals surface area contributed by atoms with Crippen molar-refractivity contribution in [2.24, 2.45) is 0 Å². The highest BCUT2D eigenvalue weighted by atomic mass is 79.9. The molecule has 0 fully saturated rings. The van der Waals surface area contributed by atoms with Gasteiger partial charge >= 0.3 is 0 Å². The predicted molar refractivity (Wildman–Crippen MR) is 89.1 cm³/mol. The smallest absolute Gasteiger partial charge is 0.211 e. The van der Waals surface area contributed by atoms with E-state index in [9.17, 15) is 8.42 Å². The van der Waals surface area contributed by atoms with Crippen LogP contribution in [0.15, 0.2) is 59.5 Å². The summed E-state index contributed by atoms with van der Waals surface area (Å²) in [5.74, 6) is 0.